The zero-order valence-corrected chi connectivity index (χ0v) is 14.3. The highest BCUT2D eigenvalue weighted by molar-refractivity contribution is 6.30. The maximum absolute atomic E-state index is 12.5. The summed E-state index contributed by atoms with van der Waals surface area (Å²) in [5.74, 6) is 0.717. The summed E-state index contributed by atoms with van der Waals surface area (Å²) in [6.45, 7) is 1.59. The number of anilines is 1. The van der Waals surface area contributed by atoms with Crippen LogP contribution in [0.4, 0.5) is 5.82 Å². The number of halogens is 1. The second-order valence-electron chi connectivity index (χ2n) is 5.71. The van der Waals surface area contributed by atoms with E-state index in [1.807, 2.05) is 19.0 Å². The average Bonchev–Trinajstić information content (AvgIpc) is 2.99. The van der Waals surface area contributed by atoms with Gasteiger partial charge >= 0.3 is 0 Å². The van der Waals surface area contributed by atoms with Crippen molar-refractivity contribution >= 4 is 23.3 Å². The number of carbonyl (C=O) groups excluding carboxylic acids is 1. The van der Waals surface area contributed by atoms with E-state index in [1.165, 1.54) is 10.9 Å². The van der Waals surface area contributed by atoms with Gasteiger partial charge in [0, 0.05) is 39.2 Å². The Morgan fingerprint density at radius 3 is 2.92 bits per heavy atom. The largest absolute Gasteiger partial charge is 0.368 e. The molecule has 3 heterocycles. The summed E-state index contributed by atoms with van der Waals surface area (Å²) in [5, 5.41) is 4.55. The Hall–Kier alpha value is -2.19. The molecule has 128 valence electrons. The lowest BCUT2D eigenvalue weighted by Crippen LogP contribution is -2.44. The summed E-state index contributed by atoms with van der Waals surface area (Å²) in [6, 6.07) is 0. The molecule has 0 saturated carbocycles. The van der Waals surface area contributed by atoms with Crippen molar-refractivity contribution in [3.63, 3.8) is 0 Å². The van der Waals surface area contributed by atoms with Crippen LogP contribution in [0.15, 0.2) is 24.8 Å². The average molecular weight is 351 g/mol. The summed E-state index contributed by atoms with van der Waals surface area (Å²) < 4.78 is 7.35. The normalized spacial score (nSPS) is 17.8. The van der Waals surface area contributed by atoms with Gasteiger partial charge in [0.05, 0.1) is 24.4 Å². The van der Waals surface area contributed by atoms with Gasteiger partial charge in [-0.15, -0.1) is 0 Å². The maximum Gasteiger partial charge on any atom is 0.244 e. The van der Waals surface area contributed by atoms with Crippen molar-refractivity contribution in [1.29, 1.82) is 0 Å². The number of hydrogen-bond donors (Lipinski definition) is 0. The predicted molar refractivity (Wildman–Crippen MR) is 88.9 cm³/mol. The molecule has 1 atom stereocenters. The molecule has 9 heteroatoms. The first-order valence-corrected chi connectivity index (χ1v) is 7.98. The topological polar surface area (TPSA) is 76.4 Å². The lowest BCUT2D eigenvalue weighted by molar-refractivity contribution is -0.140. The number of ether oxygens (including phenoxy) is 1. The number of nitrogens with zero attached hydrogens (tertiary/aromatic N) is 6. The van der Waals surface area contributed by atoms with Crippen molar-refractivity contribution in [1.82, 2.24) is 24.6 Å². The Morgan fingerprint density at radius 1 is 1.42 bits per heavy atom. The molecule has 0 bridgehead atoms. The highest BCUT2D eigenvalue weighted by Crippen LogP contribution is 2.26. The highest BCUT2D eigenvalue weighted by Gasteiger charge is 2.29. The van der Waals surface area contributed by atoms with E-state index < -0.39 is 0 Å². The zero-order valence-electron chi connectivity index (χ0n) is 13.6. The summed E-state index contributed by atoms with van der Waals surface area (Å²) >= 11 is 5.83. The minimum Gasteiger partial charge on any atom is -0.368 e. The molecule has 0 radical (unpaired) electrons. The van der Waals surface area contributed by atoms with Crippen LogP contribution < -0.4 is 4.90 Å². The van der Waals surface area contributed by atoms with Crippen molar-refractivity contribution in [2.24, 2.45) is 0 Å². The van der Waals surface area contributed by atoms with E-state index in [0.29, 0.717) is 24.7 Å². The first kappa shape index (κ1) is 16.7. The van der Waals surface area contributed by atoms with Crippen LogP contribution in [0.5, 0.6) is 0 Å². The molecule has 1 saturated heterocycles. The van der Waals surface area contributed by atoms with Gasteiger partial charge in [0.25, 0.3) is 0 Å². The number of hydrogen-bond acceptors (Lipinski definition) is 6. The third-order valence-electron chi connectivity index (χ3n) is 3.75. The van der Waals surface area contributed by atoms with Crippen LogP contribution in [0.25, 0.3) is 0 Å². The molecule has 2 aromatic heterocycles. The van der Waals surface area contributed by atoms with Gasteiger partial charge in [-0.05, 0) is 0 Å². The van der Waals surface area contributed by atoms with Gasteiger partial charge in [-0.1, -0.05) is 11.6 Å². The Morgan fingerprint density at radius 2 is 2.21 bits per heavy atom. The van der Waals surface area contributed by atoms with Crippen molar-refractivity contribution in [3.05, 3.63) is 35.5 Å². The summed E-state index contributed by atoms with van der Waals surface area (Å²) in [5.41, 5.74) is 0.738. The van der Waals surface area contributed by atoms with Crippen LogP contribution >= 0.6 is 11.6 Å². The molecule has 0 N–H and O–H groups in total. The van der Waals surface area contributed by atoms with Crippen molar-refractivity contribution in [2.75, 3.05) is 38.7 Å². The Balaban J connectivity index is 1.71. The molecule has 0 aliphatic carbocycles. The molecule has 2 aromatic rings. The third-order valence-corrected chi connectivity index (χ3v) is 3.95. The van der Waals surface area contributed by atoms with Crippen LogP contribution in [0, 0.1) is 0 Å². The van der Waals surface area contributed by atoms with Crippen LogP contribution in [0.2, 0.25) is 5.02 Å². The maximum atomic E-state index is 12.5. The first-order valence-electron chi connectivity index (χ1n) is 7.60. The monoisotopic (exact) mass is 350 g/mol. The molecular formula is C15H19ClN6O2. The van der Waals surface area contributed by atoms with Crippen molar-refractivity contribution in [3.8, 4) is 0 Å². The Labute approximate surface area is 145 Å². The quantitative estimate of drug-likeness (QED) is 0.818. The van der Waals surface area contributed by atoms with Crippen LogP contribution in [-0.4, -0.2) is 64.3 Å². The van der Waals surface area contributed by atoms with Gasteiger partial charge in [-0.2, -0.15) is 5.10 Å². The second-order valence-corrected chi connectivity index (χ2v) is 6.15. The molecule has 1 aliphatic rings. The third kappa shape index (κ3) is 3.65. The minimum absolute atomic E-state index is 0.0293. The smallest absolute Gasteiger partial charge is 0.244 e. The molecule has 1 aliphatic heterocycles. The number of amides is 1. The number of carbonyl (C=O) groups is 1. The minimum atomic E-state index is -0.296. The van der Waals surface area contributed by atoms with Crippen LogP contribution in [0.3, 0.4) is 0 Å². The Bertz CT molecular complexity index is 719. The Kier molecular flexibility index (Phi) is 4.96. The molecule has 24 heavy (non-hydrogen) atoms. The number of aromatic nitrogens is 4. The van der Waals surface area contributed by atoms with E-state index in [-0.39, 0.29) is 18.6 Å². The number of morpholine rings is 1. The molecule has 8 nitrogen and oxygen atoms in total. The van der Waals surface area contributed by atoms with Gasteiger partial charge in [0.2, 0.25) is 5.91 Å². The second kappa shape index (κ2) is 7.14. The lowest BCUT2D eigenvalue weighted by Gasteiger charge is -2.33. The summed E-state index contributed by atoms with van der Waals surface area (Å²) in [6.07, 6.45) is 6.13. The van der Waals surface area contributed by atoms with Crippen molar-refractivity contribution in [2.45, 2.75) is 12.6 Å². The predicted octanol–water partition coefficient (Wildman–Crippen LogP) is 0.993. The molecule has 1 fully saturated rings. The van der Waals surface area contributed by atoms with E-state index in [2.05, 4.69) is 15.1 Å². The highest BCUT2D eigenvalue weighted by atomic mass is 35.5. The fraction of sp³-hybridized carbons (Fsp3) is 0.467. The van der Waals surface area contributed by atoms with Gasteiger partial charge in [-0.25, -0.2) is 4.98 Å². The fourth-order valence-corrected chi connectivity index (χ4v) is 2.77. The zero-order chi connectivity index (χ0) is 17.1. The van der Waals surface area contributed by atoms with Crippen molar-refractivity contribution < 1.29 is 9.53 Å². The van der Waals surface area contributed by atoms with E-state index in [9.17, 15) is 4.79 Å². The molecule has 1 amide bonds. The first-order chi connectivity index (χ1) is 11.5. The lowest BCUT2D eigenvalue weighted by atomic mass is 10.2. The molecule has 3 rings (SSSR count). The molecule has 1 unspecified atom stereocenters. The van der Waals surface area contributed by atoms with Gasteiger partial charge < -0.3 is 14.5 Å². The molecule has 0 spiro atoms. The van der Waals surface area contributed by atoms with Gasteiger partial charge in [0.1, 0.15) is 18.3 Å². The summed E-state index contributed by atoms with van der Waals surface area (Å²) in [4.78, 5) is 24.9. The number of rotatable bonds is 4. The van der Waals surface area contributed by atoms with Gasteiger partial charge in [0.15, 0.2) is 5.82 Å². The van der Waals surface area contributed by atoms with E-state index in [1.54, 1.807) is 23.5 Å². The van der Waals surface area contributed by atoms with E-state index in [0.717, 1.165) is 11.5 Å². The molecule has 0 aromatic carbocycles. The SMILES string of the molecule is CN(C)c1nccnc1C1CN(C(=O)Cn2cc(Cl)cn2)CCO1. The fourth-order valence-electron chi connectivity index (χ4n) is 2.62. The van der Waals surface area contributed by atoms with Crippen LogP contribution in [-0.2, 0) is 16.1 Å². The summed E-state index contributed by atoms with van der Waals surface area (Å²) in [7, 11) is 3.81. The molecular weight excluding hydrogens is 332 g/mol. The van der Waals surface area contributed by atoms with E-state index in [4.69, 9.17) is 16.3 Å². The standard InChI is InChI=1S/C15H19ClN6O2/c1-20(2)15-14(17-3-4-18-15)12-9-21(5-6-24-12)13(23)10-22-8-11(16)7-19-22/h3-4,7-8,12H,5-6,9-10H2,1-2H3. The van der Waals surface area contributed by atoms with E-state index >= 15 is 0 Å². The van der Waals surface area contributed by atoms with Crippen LogP contribution in [0.1, 0.15) is 11.8 Å². The van der Waals surface area contributed by atoms with Gasteiger partial charge in [-0.3, -0.25) is 14.5 Å².